The van der Waals surface area contributed by atoms with Crippen molar-refractivity contribution in [2.24, 2.45) is 15.9 Å². The van der Waals surface area contributed by atoms with E-state index in [9.17, 15) is 23.3 Å². The molecule has 0 bridgehead atoms. The number of hydrogen-bond donors (Lipinski definition) is 7. The molecule has 2 aliphatic rings. The Labute approximate surface area is 440 Å². The Bertz CT molecular complexity index is 2040. The number of nitrogens with one attached hydrogen (secondary N) is 3. The molecule has 4 unspecified atom stereocenters. The van der Waals surface area contributed by atoms with Crippen molar-refractivity contribution >= 4 is 70.0 Å². The standard InChI is InChI=1S/C44H68ClF2N9O17P2/c45-44-53-41(52-39-4-2-34(72-39)29-71-75(61)31-74(59)60)35(26-48)42(54-44)56-8-12-69-30-37(56)43(58)51-7-11-64-15-18-67-21-22-68-23-24-70-28-33(55-49)27-50-6-10-63-14-17-66-20-19-65-16-13-62-9-5-40(57)73-38-3-1-32(46)25-36(38)47/h1,3,25-27,34,37,39,48,59-61H,2,4-24,28-31,49H2,(H,51,58)(H,52,53,54)/b48-26?,50-27?,55-33+. The Balaban J connectivity index is 0.932. The molecule has 1 aromatic carbocycles. The van der Waals surface area contributed by atoms with E-state index in [2.05, 4.69) is 30.7 Å². The van der Waals surface area contributed by atoms with Gasteiger partial charge in [0.1, 0.15) is 35.4 Å². The zero-order chi connectivity index (χ0) is 53.9. The number of aliphatic imine (C=N–C) groups is 1. The quantitative estimate of drug-likeness (QED) is 0.00729. The predicted molar refractivity (Wildman–Crippen MR) is 271 cm³/mol. The molecule has 0 spiro atoms. The van der Waals surface area contributed by atoms with E-state index in [1.807, 2.05) is 0 Å². The van der Waals surface area contributed by atoms with Crippen LogP contribution in [0.4, 0.5) is 20.4 Å². The number of benzene rings is 1. The second-order valence-electron chi connectivity index (χ2n) is 15.7. The van der Waals surface area contributed by atoms with Gasteiger partial charge in [0.25, 0.3) is 0 Å². The number of hydrogen-bond acceptors (Lipinski definition) is 25. The summed E-state index contributed by atoms with van der Waals surface area (Å²) in [6.07, 6.45) is 2.75. The Morgan fingerprint density at radius 2 is 1.53 bits per heavy atom. The summed E-state index contributed by atoms with van der Waals surface area (Å²) in [5.41, 5.74) is 0.746. The maximum absolute atomic E-state index is 13.6. The van der Waals surface area contributed by atoms with Crippen LogP contribution in [0.5, 0.6) is 5.75 Å². The molecule has 2 saturated heterocycles. The van der Waals surface area contributed by atoms with Crippen LogP contribution >= 0.6 is 28.4 Å². The number of carbonyl (C=O) groups excluding carboxylic acids is 2. The number of amides is 1. The lowest BCUT2D eigenvalue weighted by molar-refractivity contribution is -0.136. The molecular formula is C44H68ClF2N9O17P2. The Kier molecular flexibility index (Phi) is 32.8. The molecule has 31 heteroatoms. The Morgan fingerprint density at radius 1 is 0.893 bits per heavy atom. The van der Waals surface area contributed by atoms with Gasteiger partial charge in [-0.3, -0.25) is 14.6 Å². The molecule has 4 rings (SSSR count). The Hall–Kier alpha value is -3.90. The molecule has 1 aromatic heterocycles. The van der Waals surface area contributed by atoms with Crippen molar-refractivity contribution < 1.29 is 89.7 Å². The zero-order valence-corrected chi connectivity index (χ0v) is 43.9. The van der Waals surface area contributed by atoms with Crippen molar-refractivity contribution in [3.8, 4) is 5.75 Å². The number of rotatable bonds is 41. The van der Waals surface area contributed by atoms with Gasteiger partial charge in [-0.2, -0.15) is 15.1 Å². The van der Waals surface area contributed by atoms with Crippen LogP contribution < -0.4 is 26.1 Å². The van der Waals surface area contributed by atoms with Crippen LogP contribution in [0.25, 0.3) is 0 Å². The molecule has 422 valence electrons. The summed E-state index contributed by atoms with van der Waals surface area (Å²) in [5, 5.41) is 17.8. The Morgan fingerprint density at radius 3 is 2.17 bits per heavy atom. The van der Waals surface area contributed by atoms with Gasteiger partial charge in [0.2, 0.25) is 11.2 Å². The van der Waals surface area contributed by atoms with Crippen LogP contribution in [0.2, 0.25) is 5.28 Å². The highest BCUT2D eigenvalue weighted by Gasteiger charge is 2.34. The van der Waals surface area contributed by atoms with Gasteiger partial charge in [0, 0.05) is 31.6 Å². The van der Waals surface area contributed by atoms with Gasteiger partial charge in [0.05, 0.1) is 156 Å². The molecule has 0 radical (unpaired) electrons. The number of carbonyl (C=O) groups is 2. The number of nitrogens with two attached hydrogens (primary N) is 1. The first-order valence-corrected chi connectivity index (χ1v) is 27.1. The second kappa shape index (κ2) is 38.6. The number of anilines is 2. The molecule has 2 aromatic rings. The van der Waals surface area contributed by atoms with Crippen molar-refractivity contribution in [1.82, 2.24) is 15.3 Å². The van der Waals surface area contributed by atoms with Crippen molar-refractivity contribution in [2.45, 2.75) is 37.6 Å². The first-order valence-electron chi connectivity index (χ1n) is 23.9. The van der Waals surface area contributed by atoms with E-state index in [4.69, 9.17) is 89.3 Å². The molecule has 8 N–H and O–H groups in total. The molecule has 0 aliphatic carbocycles. The summed E-state index contributed by atoms with van der Waals surface area (Å²) < 4.78 is 92.2. The van der Waals surface area contributed by atoms with Crippen molar-refractivity contribution in [1.29, 1.82) is 5.41 Å². The number of morpholine rings is 1. The molecule has 2 fully saturated rings. The van der Waals surface area contributed by atoms with E-state index >= 15 is 0 Å². The monoisotopic (exact) mass is 1130 g/mol. The number of aromatic nitrogens is 2. The number of nitrogens with zero attached hydrogens (tertiary/aromatic N) is 5. The zero-order valence-electron chi connectivity index (χ0n) is 41.4. The first kappa shape index (κ1) is 63.6. The van der Waals surface area contributed by atoms with Gasteiger partial charge in [0.15, 0.2) is 28.3 Å². The highest BCUT2D eigenvalue weighted by atomic mass is 35.5. The molecule has 2 aliphatic heterocycles. The molecule has 1 amide bonds. The number of hydrazone groups is 1. The number of halogens is 3. The van der Waals surface area contributed by atoms with E-state index in [0.29, 0.717) is 123 Å². The van der Waals surface area contributed by atoms with E-state index < -0.39 is 46.6 Å². The fraction of sp³-hybridized carbons (Fsp3) is 0.659. The third kappa shape index (κ3) is 26.8. The summed E-state index contributed by atoms with van der Waals surface area (Å²) in [6, 6.07) is 1.89. The summed E-state index contributed by atoms with van der Waals surface area (Å²) in [7, 11) is -4.25. The molecule has 4 atom stereocenters. The number of esters is 1. The largest absolute Gasteiger partial charge is 0.423 e. The van der Waals surface area contributed by atoms with Crippen molar-refractivity contribution in [2.75, 3.05) is 161 Å². The fourth-order valence-corrected chi connectivity index (χ4v) is 8.31. The fourth-order valence-electron chi connectivity index (χ4n) is 6.62. The summed E-state index contributed by atoms with van der Waals surface area (Å²) >= 11 is 6.35. The summed E-state index contributed by atoms with van der Waals surface area (Å²) in [6.45, 7) is 6.05. The van der Waals surface area contributed by atoms with Gasteiger partial charge < -0.3 is 98.1 Å². The van der Waals surface area contributed by atoms with Gasteiger partial charge in [-0.1, -0.05) is 0 Å². The second-order valence-corrected chi connectivity index (χ2v) is 18.9. The highest BCUT2D eigenvalue weighted by Crippen LogP contribution is 2.44. The molecule has 3 heterocycles. The maximum Gasteiger partial charge on any atom is 0.313 e. The van der Waals surface area contributed by atoms with E-state index in [-0.39, 0.29) is 99.8 Å². The minimum atomic E-state index is -2.27. The predicted octanol–water partition coefficient (Wildman–Crippen LogP) is 1.73. The van der Waals surface area contributed by atoms with Gasteiger partial charge in [-0.05, 0) is 36.6 Å². The minimum Gasteiger partial charge on any atom is -0.423 e. The molecule has 75 heavy (non-hydrogen) atoms. The van der Waals surface area contributed by atoms with Crippen molar-refractivity contribution in [3.05, 3.63) is 40.7 Å². The van der Waals surface area contributed by atoms with Crippen molar-refractivity contribution in [3.63, 3.8) is 0 Å². The lowest BCUT2D eigenvalue weighted by atomic mass is 10.1. The van der Waals surface area contributed by atoms with Crippen LogP contribution in [0.3, 0.4) is 0 Å². The van der Waals surface area contributed by atoms with E-state index in [0.717, 1.165) is 18.3 Å². The van der Waals surface area contributed by atoms with E-state index in [1.165, 1.54) is 6.21 Å². The highest BCUT2D eigenvalue weighted by molar-refractivity contribution is 7.63. The first-order chi connectivity index (χ1) is 36.5. The average Bonchev–Trinajstić information content (AvgIpc) is 3.84. The lowest BCUT2D eigenvalue weighted by Gasteiger charge is -2.36. The van der Waals surface area contributed by atoms with Gasteiger partial charge in [-0.25, -0.2) is 8.78 Å². The molecule has 26 nitrogen and oxygen atoms in total. The smallest absolute Gasteiger partial charge is 0.313 e. The SMILES string of the molecule is N=Cc1c(NC2CCC(COP(O)CP(O)O)O2)nc(Cl)nc1N1CCOCC1C(=O)NCCOCCOCCOCCOC/C(C=NCCOCCOCCOCCOCCC(=O)Oc1ccc(F)cc1F)=N/N. The van der Waals surface area contributed by atoms with Crippen LogP contribution in [0.1, 0.15) is 24.8 Å². The third-order valence-corrected chi connectivity index (χ3v) is 12.8. The molecule has 0 saturated carbocycles. The minimum absolute atomic E-state index is 0.0580. The third-order valence-electron chi connectivity index (χ3n) is 10.2. The number of ether oxygens (including phenoxy) is 11. The van der Waals surface area contributed by atoms with Crippen LogP contribution in [0.15, 0.2) is 28.3 Å². The van der Waals surface area contributed by atoms with Gasteiger partial charge in [-0.15, -0.1) is 0 Å². The maximum atomic E-state index is 13.6. The lowest BCUT2D eigenvalue weighted by Crippen LogP contribution is -2.55. The van der Waals surface area contributed by atoms with Crippen LogP contribution in [-0.4, -0.2) is 224 Å². The van der Waals surface area contributed by atoms with Crippen LogP contribution in [0, 0.1) is 17.0 Å². The van der Waals surface area contributed by atoms with E-state index in [1.54, 1.807) is 4.90 Å². The normalized spacial score (nSPS) is 17.5. The summed E-state index contributed by atoms with van der Waals surface area (Å²) in [4.78, 5) is 67.8. The topological polar surface area (TPSA) is 333 Å². The summed E-state index contributed by atoms with van der Waals surface area (Å²) in [5.74, 6) is 2.64. The molecular weight excluding hydrogens is 1060 g/mol. The van der Waals surface area contributed by atoms with Crippen LogP contribution in [-0.2, 0) is 61.5 Å². The van der Waals surface area contributed by atoms with Gasteiger partial charge >= 0.3 is 5.97 Å². The average molecular weight is 1130 g/mol.